The van der Waals surface area contributed by atoms with E-state index in [9.17, 15) is 4.57 Å². The zero-order valence-corrected chi connectivity index (χ0v) is 11.9. The Morgan fingerprint density at radius 1 is 1.12 bits per heavy atom. The standard InChI is InChI=1S/C12H25N2OP/c1-5-10(4)16(15,13-8-11(13)6-2)14-9-12(14)7-3/h10-12H,5-9H2,1-4H3/t10-,11-,12-,13?,14?,16?/m1/s1. The zero-order valence-electron chi connectivity index (χ0n) is 11.0. The number of nitrogens with zero attached hydrogens (tertiary/aromatic N) is 2. The Balaban J connectivity index is 2.12. The maximum Gasteiger partial charge on any atom is 0.219 e. The van der Waals surface area contributed by atoms with E-state index in [0.717, 1.165) is 32.4 Å². The second-order valence-electron chi connectivity index (χ2n) is 5.21. The Morgan fingerprint density at radius 3 is 1.81 bits per heavy atom. The lowest BCUT2D eigenvalue weighted by Crippen LogP contribution is -2.18. The van der Waals surface area contributed by atoms with Gasteiger partial charge in [-0.15, -0.1) is 0 Å². The van der Waals surface area contributed by atoms with Gasteiger partial charge in [0.2, 0.25) is 7.44 Å². The van der Waals surface area contributed by atoms with Gasteiger partial charge in [-0.25, -0.2) is 9.34 Å². The van der Waals surface area contributed by atoms with Crippen molar-refractivity contribution in [2.45, 2.75) is 64.7 Å². The van der Waals surface area contributed by atoms with Crippen molar-refractivity contribution in [2.24, 2.45) is 0 Å². The molecule has 2 unspecified atom stereocenters. The SMILES string of the molecule is CC[C@@H]1CN1P(=O)([C@H](C)CC)N1C[C@H]1CC. The van der Waals surface area contributed by atoms with Crippen LogP contribution in [0.2, 0.25) is 0 Å². The van der Waals surface area contributed by atoms with Crippen LogP contribution in [0.4, 0.5) is 0 Å². The van der Waals surface area contributed by atoms with E-state index in [2.05, 4.69) is 37.0 Å². The Morgan fingerprint density at radius 2 is 1.56 bits per heavy atom. The van der Waals surface area contributed by atoms with Crippen LogP contribution in [0.15, 0.2) is 0 Å². The van der Waals surface area contributed by atoms with E-state index in [1.54, 1.807) is 0 Å². The van der Waals surface area contributed by atoms with E-state index in [1.165, 1.54) is 0 Å². The fraction of sp³-hybridized carbons (Fsp3) is 1.00. The molecule has 0 aromatic rings. The van der Waals surface area contributed by atoms with Gasteiger partial charge in [0.1, 0.15) is 0 Å². The molecular weight excluding hydrogens is 219 g/mol. The molecule has 0 amide bonds. The minimum Gasteiger partial charge on any atom is -0.288 e. The highest BCUT2D eigenvalue weighted by atomic mass is 31.2. The molecule has 2 fully saturated rings. The van der Waals surface area contributed by atoms with Crippen LogP contribution in [0, 0.1) is 0 Å². The van der Waals surface area contributed by atoms with E-state index in [-0.39, 0.29) is 0 Å². The first-order valence-electron chi connectivity index (χ1n) is 6.73. The van der Waals surface area contributed by atoms with Gasteiger partial charge in [-0.3, -0.25) is 4.57 Å². The van der Waals surface area contributed by atoms with Gasteiger partial charge >= 0.3 is 0 Å². The summed E-state index contributed by atoms with van der Waals surface area (Å²) in [6, 6.07) is 1.19. The Labute approximate surface area is 99.7 Å². The van der Waals surface area contributed by atoms with Gasteiger partial charge in [-0.05, 0) is 19.3 Å². The Kier molecular flexibility index (Phi) is 3.49. The lowest BCUT2D eigenvalue weighted by Gasteiger charge is -2.27. The third kappa shape index (κ3) is 1.87. The largest absolute Gasteiger partial charge is 0.288 e. The van der Waals surface area contributed by atoms with Gasteiger partial charge < -0.3 is 0 Å². The highest BCUT2D eigenvalue weighted by Crippen LogP contribution is 2.68. The fourth-order valence-corrected chi connectivity index (χ4v) is 6.50. The van der Waals surface area contributed by atoms with Gasteiger partial charge in [0, 0.05) is 30.8 Å². The Bertz CT molecular complexity index is 285. The smallest absolute Gasteiger partial charge is 0.219 e. The average Bonchev–Trinajstić information content (AvgIpc) is 3.18. The maximum absolute atomic E-state index is 13.3. The van der Waals surface area contributed by atoms with Crippen molar-refractivity contribution in [1.82, 2.24) is 9.34 Å². The van der Waals surface area contributed by atoms with E-state index in [1.807, 2.05) is 0 Å². The molecule has 0 saturated carbocycles. The first kappa shape index (κ1) is 12.6. The number of hydrogen-bond donors (Lipinski definition) is 0. The molecule has 2 rings (SSSR count). The molecule has 0 N–H and O–H groups in total. The molecule has 4 heteroatoms. The van der Waals surface area contributed by atoms with Crippen LogP contribution in [0.1, 0.15) is 47.0 Å². The molecule has 2 saturated heterocycles. The van der Waals surface area contributed by atoms with Gasteiger partial charge in [0.25, 0.3) is 0 Å². The number of hydrogen-bond acceptors (Lipinski definition) is 1. The normalized spacial score (nSPS) is 42.5. The van der Waals surface area contributed by atoms with Crippen molar-refractivity contribution in [1.29, 1.82) is 0 Å². The summed E-state index contributed by atoms with van der Waals surface area (Å²) in [5.74, 6) is 0. The monoisotopic (exact) mass is 244 g/mol. The molecule has 0 aromatic carbocycles. The van der Waals surface area contributed by atoms with Crippen molar-refractivity contribution in [3.63, 3.8) is 0 Å². The quantitative estimate of drug-likeness (QED) is 0.529. The van der Waals surface area contributed by atoms with Gasteiger partial charge in [-0.2, -0.15) is 0 Å². The van der Waals surface area contributed by atoms with E-state index < -0.39 is 7.44 Å². The van der Waals surface area contributed by atoms with Crippen LogP contribution in [0.5, 0.6) is 0 Å². The summed E-state index contributed by atoms with van der Waals surface area (Å²) in [4.78, 5) is 0. The van der Waals surface area contributed by atoms with E-state index in [4.69, 9.17) is 0 Å². The average molecular weight is 244 g/mol. The topological polar surface area (TPSA) is 23.1 Å². The first-order valence-corrected chi connectivity index (χ1v) is 8.41. The second kappa shape index (κ2) is 4.44. The summed E-state index contributed by atoms with van der Waals surface area (Å²) in [5, 5.41) is 0. The van der Waals surface area contributed by atoms with Crippen molar-refractivity contribution in [2.75, 3.05) is 13.1 Å². The molecule has 2 aliphatic rings. The van der Waals surface area contributed by atoms with Gasteiger partial charge in [0.15, 0.2) is 0 Å². The van der Waals surface area contributed by atoms with Crippen molar-refractivity contribution in [3.05, 3.63) is 0 Å². The van der Waals surface area contributed by atoms with E-state index in [0.29, 0.717) is 17.7 Å². The molecule has 0 spiro atoms. The van der Waals surface area contributed by atoms with Crippen LogP contribution < -0.4 is 0 Å². The third-order valence-electron chi connectivity index (χ3n) is 4.22. The van der Waals surface area contributed by atoms with Crippen LogP contribution >= 0.6 is 7.44 Å². The van der Waals surface area contributed by atoms with Crippen molar-refractivity contribution < 1.29 is 4.57 Å². The summed E-state index contributed by atoms with van der Waals surface area (Å²) in [6.07, 6.45) is 3.31. The van der Waals surface area contributed by atoms with Crippen LogP contribution in [-0.2, 0) is 4.57 Å². The minimum absolute atomic E-state index is 0.334. The summed E-state index contributed by atoms with van der Waals surface area (Å²) in [7, 11) is -2.21. The lowest BCUT2D eigenvalue weighted by molar-refractivity contribution is 0.482. The minimum atomic E-state index is -2.21. The summed E-state index contributed by atoms with van der Waals surface area (Å²) in [6.45, 7) is 10.8. The predicted molar refractivity (Wildman–Crippen MR) is 68.9 cm³/mol. The maximum atomic E-state index is 13.3. The summed E-state index contributed by atoms with van der Waals surface area (Å²) in [5.41, 5.74) is 0.334. The predicted octanol–water partition coefficient (Wildman–Crippen LogP) is 3.17. The van der Waals surface area contributed by atoms with Crippen LogP contribution in [0.3, 0.4) is 0 Å². The number of rotatable bonds is 6. The third-order valence-corrected chi connectivity index (χ3v) is 8.18. The molecule has 3 nitrogen and oxygen atoms in total. The van der Waals surface area contributed by atoms with Crippen LogP contribution in [0.25, 0.3) is 0 Å². The highest BCUT2D eigenvalue weighted by molar-refractivity contribution is 7.60. The Hall–Kier alpha value is 0.150. The van der Waals surface area contributed by atoms with Crippen molar-refractivity contribution in [3.8, 4) is 0 Å². The van der Waals surface area contributed by atoms with Gasteiger partial charge in [0.05, 0.1) is 0 Å². The lowest BCUT2D eigenvalue weighted by atomic mass is 10.4. The van der Waals surface area contributed by atoms with E-state index >= 15 is 0 Å². The summed E-state index contributed by atoms with van der Waals surface area (Å²) < 4.78 is 17.8. The molecule has 0 bridgehead atoms. The molecule has 0 radical (unpaired) electrons. The molecule has 5 atom stereocenters. The molecule has 0 aliphatic carbocycles. The molecular formula is C12H25N2OP. The summed E-state index contributed by atoms with van der Waals surface area (Å²) >= 11 is 0. The fourth-order valence-electron chi connectivity index (χ4n) is 2.61. The second-order valence-corrected chi connectivity index (χ2v) is 8.30. The van der Waals surface area contributed by atoms with Crippen LogP contribution in [-0.4, -0.2) is 40.2 Å². The highest BCUT2D eigenvalue weighted by Gasteiger charge is 2.57. The zero-order chi connectivity index (χ0) is 11.9. The molecule has 94 valence electrons. The molecule has 0 aromatic heterocycles. The molecule has 16 heavy (non-hydrogen) atoms. The first-order chi connectivity index (χ1) is 7.59. The molecule has 2 aliphatic heterocycles. The van der Waals surface area contributed by atoms with Crippen molar-refractivity contribution >= 4 is 7.44 Å². The van der Waals surface area contributed by atoms with Gasteiger partial charge in [-0.1, -0.05) is 27.7 Å². The molecule has 2 heterocycles.